The second-order valence-corrected chi connectivity index (χ2v) is 7.76. The fraction of sp³-hybridized carbons (Fsp3) is 0.0833. The largest absolute Gasteiger partial charge is 0.493 e. The molecule has 1 N–H and O–H groups in total. The van der Waals surface area contributed by atoms with E-state index in [9.17, 15) is 9.59 Å². The van der Waals surface area contributed by atoms with Crippen molar-refractivity contribution in [2.45, 2.75) is 0 Å². The lowest BCUT2D eigenvalue weighted by molar-refractivity contribution is -0.120. The smallest absolute Gasteiger partial charge is 0.282 e. The minimum atomic E-state index is -0.526. The summed E-state index contributed by atoms with van der Waals surface area (Å²) in [6.45, 7) is 0. The molecule has 0 atom stereocenters. The predicted molar refractivity (Wildman–Crippen MR) is 125 cm³/mol. The molecule has 6 nitrogen and oxygen atoms in total. The molecule has 4 rings (SSSR count). The number of amides is 2. The number of benzene rings is 3. The Balaban J connectivity index is 1.81. The van der Waals surface area contributed by atoms with Gasteiger partial charge >= 0.3 is 0 Å². The van der Waals surface area contributed by atoms with Crippen molar-refractivity contribution in [3.8, 4) is 11.5 Å². The number of anilines is 2. The quantitative estimate of drug-likeness (QED) is 0.490. The van der Waals surface area contributed by atoms with Crippen molar-refractivity contribution in [2.24, 2.45) is 0 Å². The molecule has 3 aromatic carbocycles. The molecular formula is C24H18Cl2N2O4. The average molecular weight is 469 g/mol. The van der Waals surface area contributed by atoms with Crippen molar-refractivity contribution in [3.63, 3.8) is 0 Å². The van der Waals surface area contributed by atoms with E-state index in [-0.39, 0.29) is 17.0 Å². The van der Waals surface area contributed by atoms with Crippen molar-refractivity contribution in [1.29, 1.82) is 0 Å². The zero-order chi connectivity index (χ0) is 22.8. The van der Waals surface area contributed by atoms with Gasteiger partial charge in [0.05, 0.1) is 25.5 Å². The SMILES string of the molecule is COc1ccc(NC2=C(c3ccccc3)C(=O)N(c3cc(Cl)cc(Cl)c3)C2=O)cc1OC. The number of nitrogens with zero attached hydrogens (tertiary/aromatic N) is 1. The van der Waals surface area contributed by atoms with Crippen molar-refractivity contribution in [3.05, 3.63) is 88.0 Å². The molecule has 0 saturated carbocycles. The molecule has 0 saturated heterocycles. The Morgan fingerprint density at radius 3 is 2.06 bits per heavy atom. The summed E-state index contributed by atoms with van der Waals surface area (Å²) >= 11 is 12.2. The van der Waals surface area contributed by atoms with Crippen LogP contribution in [0.2, 0.25) is 10.0 Å². The molecule has 0 radical (unpaired) electrons. The summed E-state index contributed by atoms with van der Waals surface area (Å²) in [6.07, 6.45) is 0. The highest BCUT2D eigenvalue weighted by Gasteiger charge is 2.40. The summed E-state index contributed by atoms with van der Waals surface area (Å²) < 4.78 is 10.6. The molecule has 3 aromatic rings. The highest BCUT2D eigenvalue weighted by Crippen LogP contribution is 2.37. The first-order chi connectivity index (χ1) is 15.4. The molecule has 162 valence electrons. The van der Waals surface area contributed by atoms with Gasteiger partial charge in [-0.05, 0) is 35.9 Å². The minimum absolute atomic E-state index is 0.129. The number of imide groups is 1. The van der Waals surface area contributed by atoms with Crippen LogP contribution in [0.25, 0.3) is 5.57 Å². The lowest BCUT2D eigenvalue weighted by Gasteiger charge is -2.16. The number of halogens is 2. The average Bonchev–Trinajstić information content (AvgIpc) is 3.02. The number of ether oxygens (including phenoxy) is 2. The van der Waals surface area contributed by atoms with Gasteiger partial charge in [-0.3, -0.25) is 9.59 Å². The molecule has 0 aliphatic carbocycles. The molecule has 8 heteroatoms. The Morgan fingerprint density at radius 1 is 0.781 bits per heavy atom. The molecule has 0 spiro atoms. The van der Waals surface area contributed by atoms with Crippen LogP contribution >= 0.6 is 23.2 Å². The Morgan fingerprint density at radius 2 is 1.44 bits per heavy atom. The van der Waals surface area contributed by atoms with E-state index in [1.54, 1.807) is 42.5 Å². The van der Waals surface area contributed by atoms with E-state index in [1.165, 1.54) is 32.4 Å². The van der Waals surface area contributed by atoms with Gasteiger partial charge in [0.25, 0.3) is 11.8 Å². The number of nitrogens with one attached hydrogen (secondary N) is 1. The Labute approximate surface area is 195 Å². The highest BCUT2D eigenvalue weighted by molar-refractivity contribution is 6.46. The predicted octanol–water partition coefficient (Wildman–Crippen LogP) is 5.41. The van der Waals surface area contributed by atoms with Gasteiger partial charge in [-0.15, -0.1) is 0 Å². The van der Waals surface area contributed by atoms with Gasteiger partial charge in [0.15, 0.2) is 11.5 Å². The van der Waals surface area contributed by atoms with Crippen molar-refractivity contribution in [1.82, 2.24) is 0 Å². The maximum Gasteiger partial charge on any atom is 0.282 e. The summed E-state index contributed by atoms with van der Waals surface area (Å²) in [7, 11) is 3.05. The third-order valence-electron chi connectivity index (χ3n) is 4.90. The number of carbonyl (C=O) groups excluding carboxylic acids is 2. The number of methoxy groups -OCH3 is 2. The third-order valence-corrected chi connectivity index (χ3v) is 5.34. The lowest BCUT2D eigenvalue weighted by Crippen LogP contribution is -2.32. The Bertz CT molecular complexity index is 1220. The topological polar surface area (TPSA) is 67.9 Å². The van der Waals surface area contributed by atoms with Crippen LogP contribution in [-0.2, 0) is 9.59 Å². The van der Waals surface area contributed by atoms with Gasteiger partial charge in [0.2, 0.25) is 0 Å². The van der Waals surface area contributed by atoms with Gasteiger partial charge in [0.1, 0.15) is 5.70 Å². The minimum Gasteiger partial charge on any atom is -0.493 e. The molecule has 0 aromatic heterocycles. The Kier molecular flexibility index (Phi) is 6.08. The third kappa shape index (κ3) is 4.02. The number of rotatable bonds is 6. The van der Waals surface area contributed by atoms with Gasteiger partial charge in [-0.1, -0.05) is 53.5 Å². The highest BCUT2D eigenvalue weighted by atomic mass is 35.5. The summed E-state index contributed by atoms with van der Waals surface area (Å²) in [6, 6.07) is 18.7. The second-order valence-electron chi connectivity index (χ2n) is 6.88. The van der Waals surface area contributed by atoms with Crippen LogP contribution in [-0.4, -0.2) is 26.0 Å². The Hall–Kier alpha value is -3.48. The summed E-state index contributed by atoms with van der Waals surface area (Å²) in [5.41, 5.74) is 1.81. The van der Waals surface area contributed by atoms with E-state index in [4.69, 9.17) is 32.7 Å². The molecule has 1 aliphatic heterocycles. The number of hydrogen-bond donors (Lipinski definition) is 1. The van der Waals surface area contributed by atoms with Crippen LogP contribution in [0.15, 0.2) is 72.4 Å². The molecule has 0 unspecified atom stereocenters. The fourth-order valence-electron chi connectivity index (χ4n) is 3.48. The molecule has 0 bridgehead atoms. The van der Waals surface area contributed by atoms with Crippen LogP contribution in [0.1, 0.15) is 5.56 Å². The van der Waals surface area contributed by atoms with Crippen molar-refractivity contribution < 1.29 is 19.1 Å². The molecule has 1 aliphatic rings. The summed E-state index contributed by atoms with van der Waals surface area (Å²) in [5.74, 6) is 0.0124. The summed E-state index contributed by atoms with van der Waals surface area (Å²) in [5, 5.41) is 3.72. The van der Waals surface area contributed by atoms with Gasteiger partial charge in [-0.25, -0.2) is 4.90 Å². The van der Waals surface area contributed by atoms with Gasteiger partial charge < -0.3 is 14.8 Å². The zero-order valence-corrected chi connectivity index (χ0v) is 18.7. The fourth-order valence-corrected chi connectivity index (χ4v) is 3.99. The van der Waals surface area contributed by atoms with Crippen molar-refractivity contribution in [2.75, 3.05) is 24.4 Å². The normalized spacial score (nSPS) is 13.6. The monoisotopic (exact) mass is 468 g/mol. The maximum atomic E-state index is 13.4. The second kappa shape index (κ2) is 8.94. The summed E-state index contributed by atoms with van der Waals surface area (Å²) in [4.78, 5) is 27.9. The van der Waals surface area contributed by atoms with Crippen LogP contribution in [0.4, 0.5) is 11.4 Å². The van der Waals surface area contributed by atoms with Crippen LogP contribution < -0.4 is 19.7 Å². The first kappa shape index (κ1) is 21.7. The first-order valence-electron chi connectivity index (χ1n) is 9.56. The molecule has 2 amide bonds. The van der Waals surface area contributed by atoms with E-state index < -0.39 is 11.8 Å². The van der Waals surface area contributed by atoms with Gasteiger partial charge in [0, 0.05) is 21.8 Å². The van der Waals surface area contributed by atoms with Crippen LogP contribution in [0.5, 0.6) is 11.5 Å². The molecule has 0 fully saturated rings. The van der Waals surface area contributed by atoms with E-state index in [2.05, 4.69) is 5.32 Å². The molecule has 1 heterocycles. The standard InChI is InChI=1S/C24H18Cl2N2O4/c1-31-19-9-8-17(13-20(19)32-2)27-22-21(14-6-4-3-5-7-14)23(29)28(24(22)30)18-11-15(25)10-16(26)12-18/h3-13,27H,1-2H3. The maximum absolute atomic E-state index is 13.4. The van der Waals surface area contributed by atoms with Crippen LogP contribution in [0, 0.1) is 0 Å². The lowest BCUT2D eigenvalue weighted by atomic mass is 10.0. The van der Waals surface area contributed by atoms with E-state index in [0.717, 1.165) is 4.90 Å². The molecule has 32 heavy (non-hydrogen) atoms. The van der Waals surface area contributed by atoms with E-state index in [1.807, 2.05) is 6.07 Å². The van der Waals surface area contributed by atoms with E-state index in [0.29, 0.717) is 32.8 Å². The van der Waals surface area contributed by atoms with Gasteiger partial charge in [-0.2, -0.15) is 0 Å². The number of carbonyl (C=O) groups is 2. The number of hydrogen-bond acceptors (Lipinski definition) is 5. The zero-order valence-electron chi connectivity index (χ0n) is 17.2. The van der Waals surface area contributed by atoms with Crippen molar-refractivity contribution >= 4 is 52.0 Å². The first-order valence-corrected chi connectivity index (χ1v) is 10.3. The molecular weight excluding hydrogens is 451 g/mol. The van der Waals surface area contributed by atoms with E-state index >= 15 is 0 Å². The van der Waals surface area contributed by atoms with Crippen LogP contribution in [0.3, 0.4) is 0 Å².